The summed E-state index contributed by atoms with van der Waals surface area (Å²) in [5.41, 5.74) is 5.54. The summed E-state index contributed by atoms with van der Waals surface area (Å²) in [7, 11) is 0. The highest BCUT2D eigenvalue weighted by Crippen LogP contribution is 2.18. The minimum Gasteiger partial charge on any atom is -0.389 e. The van der Waals surface area contributed by atoms with Crippen molar-refractivity contribution in [3.8, 4) is 0 Å². The van der Waals surface area contributed by atoms with Crippen LogP contribution < -0.4 is 5.73 Å². The van der Waals surface area contributed by atoms with Crippen LogP contribution in [0.25, 0.3) is 0 Å². The van der Waals surface area contributed by atoms with Gasteiger partial charge in [0.2, 0.25) is 0 Å². The Hall–Kier alpha value is -0.190. The molecule has 0 aromatic rings. The predicted molar refractivity (Wildman–Crippen MR) is 38.9 cm³/mol. The van der Waals surface area contributed by atoms with Gasteiger partial charge in [0.1, 0.15) is 12.8 Å². The lowest BCUT2D eigenvalue weighted by Gasteiger charge is -2.35. The van der Waals surface area contributed by atoms with Gasteiger partial charge >= 0.3 is 0 Å². The van der Waals surface area contributed by atoms with E-state index in [4.69, 9.17) is 10.5 Å². The summed E-state index contributed by atoms with van der Waals surface area (Å²) in [6, 6.07) is -0.348. The zero-order valence-electron chi connectivity index (χ0n) is 6.53. The number of hydrogen-bond donors (Lipinski definition) is 2. The largest absolute Gasteiger partial charge is 0.389 e. The maximum absolute atomic E-state index is 12.1. The van der Waals surface area contributed by atoms with Crippen molar-refractivity contribution in [2.75, 3.05) is 6.67 Å². The van der Waals surface area contributed by atoms with E-state index in [1.807, 2.05) is 6.92 Å². The molecule has 1 saturated heterocycles. The van der Waals surface area contributed by atoms with Crippen molar-refractivity contribution in [3.05, 3.63) is 0 Å². The third kappa shape index (κ3) is 1.89. The van der Waals surface area contributed by atoms with Crippen molar-refractivity contribution in [3.63, 3.8) is 0 Å². The fraction of sp³-hybridized carbons (Fsp3) is 1.00. The lowest BCUT2D eigenvalue weighted by atomic mass is 9.97. The van der Waals surface area contributed by atoms with Crippen LogP contribution in [0, 0.1) is 0 Å². The minimum atomic E-state index is -0.851. The fourth-order valence-electron chi connectivity index (χ4n) is 1.36. The van der Waals surface area contributed by atoms with E-state index in [9.17, 15) is 9.50 Å². The highest BCUT2D eigenvalue weighted by Gasteiger charge is 2.33. The monoisotopic (exact) mass is 163 g/mol. The van der Waals surface area contributed by atoms with Gasteiger partial charge in [-0.25, -0.2) is 4.39 Å². The molecule has 0 aliphatic carbocycles. The molecular weight excluding hydrogens is 149 g/mol. The third-order valence-electron chi connectivity index (χ3n) is 1.98. The Morgan fingerprint density at radius 1 is 1.73 bits per heavy atom. The summed E-state index contributed by atoms with van der Waals surface area (Å²) in [5.74, 6) is 0. The minimum absolute atomic E-state index is 0.0471. The molecule has 1 rings (SSSR count). The summed E-state index contributed by atoms with van der Waals surface area (Å²) in [6.07, 6.45) is -1.03. The van der Waals surface area contributed by atoms with Gasteiger partial charge in [-0.2, -0.15) is 0 Å². The molecule has 1 heterocycles. The zero-order valence-corrected chi connectivity index (χ0v) is 6.53. The third-order valence-corrected chi connectivity index (χ3v) is 1.98. The maximum atomic E-state index is 12.1. The molecule has 3 nitrogen and oxygen atoms in total. The van der Waals surface area contributed by atoms with Crippen LogP contribution in [0.5, 0.6) is 0 Å². The highest BCUT2D eigenvalue weighted by atomic mass is 19.1. The number of aliphatic hydroxyl groups is 1. The molecule has 3 N–H and O–H groups in total. The van der Waals surface area contributed by atoms with Gasteiger partial charge in [-0.3, -0.25) is 0 Å². The SMILES string of the molecule is CC1CC(N)C(O)C(CF)O1. The van der Waals surface area contributed by atoms with Gasteiger partial charge in [-0.15, -0.1) is 0 Å². The van der Waals surface area contributed by atoms with Crippen molar-refractivity contribution in [2.24, 2.45) is 5.73 Å². The van der Waals surface area contributed by atoms with E-state index in [0.29, 0.717) is 6.42 Å². The molecule has 0 bridgehead atoms. The van der Waals surface area contributed by atoms with Gasteiger partial charge in [0.15, 0.2) is 0 Å². The second-order valence-corrected chi connectivity index (χ2v) is 3.03. The first-order chi connectivity index (χ1) is 5.15. The van der Waals surface area contributed by atoms with Crippen LogP contribution in [-0.2, 0) is 4.74 Å². The van der Waals surface area contributed by atoms with Crippen LogP contribution in [-0.4, -0.2) is 36.1 Å². The van der Waals surface area contributed by atoms with Gasteiger partial charge in [-0.1, -0.05) is 0 Å². The Bertz CT molecular complexity index is 134. The van der Waals surface area contributed by atoms with E-state index in [1.165, 1.54) is 0 Å². The first kappa shape index (κ1) is 8.90. The van der Waals surface area contributed by atoms with Crippen molar-refractivity contribution in [1.82, 2.24) is 0 Å². The van der Waals surface area contributed by atoms with E-state index >= 15 is 0 Å². The molecule has 0 radical (unpaired) electrons. The van der Waals surface area contributed by atoms with Gasteiger partial charge in [-0.05, 0) is 13.3 Å². The van der Waals surface area contributed by atoms with E-state index in [2.05, 4.69) is 0 Å². The van der Waals surface area contributed by atoms with Crippen LogP contribution in [0.1, 0.15) is 13.3 Å². The second-order valence-electron chi connectivity index (χ2n) is 3.03. The Balaban J connectivity index is 2.51. The molecule has 0 saturated carbocycles. The molecule has 1 aliphatic heterocycles. The normalized spacial score (nSPS) is 45.8. The number of halogens is 1. The molecule has 4 unspecified atom stereocenters. The molecular formula is C7H14FNO2. The summed E-state index contributed by atoms with van der Waals surface area (Å²) in [5, 5.41) is 9.27. The van der Waals surface area contributed by atoms with Crippen molar-refractivity contribution in [1.29, 1.82) is 0 Å². The first-order valence-electron chi connectivity index (χ1n) is 3.80. The van der Waals surface area contributed by atoms with Gasteiger partial charge < -0.3 is 15.6 Å². The molecule has 1 fully saturated rings. The molecule has 0 aromatic carbocycles. The number of hydrogen-bond acceptors (Lipinski definition) is 3. The first-order valence-corrected chi connectivity index (χ1v) is 3.80. The van der Waals surface area contributed by atoms with Crippen molar-refractivity contribution < 1.29 is 14.2 Å². The fourth-order valence-corrected chi connectivity index (χ4v) is 1.36. The average molecular weight is 163 g/mol. The Morgan fingerprint density at radius 3 is 2.91 bits per heavy atom. The van der Waals surface area contributed by atoms with Crippen LogP contribution in [0.3, 0.4) is 0 Å². The van der Waals surface area contributed by atoms with E-state index in [-0.39, 0.29) is 12.1 Å². The van der Waals surface area contributed by atoms with Crippen LogP contribution >= 0.6 is 0 Å². The molecule has 4 heteroatoms. The van der Waals surface area contributed by atoms with Gasteiger partial charge in [0, 0.05) is 6.04 Å². The van der Waals surface area contributed by atoms with E-state index in [0.717, 1.165) is 0 Å². The molecule has 4 atom stereocenters. The molecule has 0 spiro atoms. The molecule has 11 heavy (non-hydrogen) atoms. The quantitative estimate of drug-likeness (QED) is 0.564. The van der Waals surface area contributed by atoms with Gasteiger partial charge in [0.05, 0.1) is 12.2 Å². The lowest BCUT2D eigenvalue weighted by Crippen LogP contribution is -2.52. The Kier molecular flexibility index (Phi) is 2.81. The molecule has 0 aromatic heterocycles. The smallest absolute Gasteiger partial charge is 0.118 e. The van der Waals surface area contributed by atoms with Crippen LogP contribution in [0.2, 0.25) is 0 Å². The number of aliphatic hydroxyl groups excluding tert-OH is 1. The number of nitrogens with two attached hydrogens (primary N) is 1. The lowest BCUT2D eigenvalue weighted by molar-refractivity contribution is -0.126. The summed E-state index contributed by atoms with van der Waals surface area (Å²) >= 11 is 0. The van der Waals surface area contributed by atoms with E-state index < -0.39 is 18.9 Å². The zero-order chi connectivity index (χ0) is 8.43. The second kappa shape index (κ2) is 3.47. The molecule has 1 aliphatic rings. The van der Waals surface area contributed by atoms with Crippen molar-refractivity contribution in [2.45, 2.75) is 37.7 Å². The van der Waals surface area contributed by atoms with Gasteiger partial charge in [0.25, 0.3) is 0 Å². The Labute approximate surface area is 65.3 Å². The topological polar surface area (TPSA) is 55.5 Å². The van der Waals surface area contributed by atoms with Crippen LogP contribution in [0.15, 0.2) is 0 Å². The molecule has 66 valence electrons. The predicted octanol–water partition coefficient (Wildman–Crippen LogP) is -0.179. The molecule has 0 amide bonds. The Morgan fingerprint density at radius 2 is 2.36 bits per heavy atom. The number of ether oxygens (including phenoxy) is 1. The summed E-state index contributed by atoms with van der Waals surface area (Å²) in [6.45, 7) is 1.16. The number of alkyl halides is 1. The standard InChI is InChI=1S/C7H14FNO2/c1-4-2-5(9)7(10)6(3-8)11-4/h4-7,10H,2-3,9H2,1H3. The summed E-state index contributed by atoms with van der Waals surface area (Å²) < 4.78 is 17.2. The average Bonchev–Trinajstić information content (AvgIpc) is 1.96. The van der Waals surface area contributed by atoms with Crippen molar-refractivity contribution >= 4 is 0 Å². The maximum Gasteiger partial charge on any atom is 0.118 e. The van der Waals surface area contributed by atoms with E-state index in [1.54, 1.807) is 0 Å². The highest BCUT2D eigenvalue weighted by molar-refractivity contribution is 4.86. The van der Waals surface area contributed by atoms with Crippen LogP contribution in [0.4, 0.5) is 4.39 Å². The summed E-state index contributed by atoms with van der Waals surface area (Å²) in [4.78, 5) is 0. The number of rotatable bonds is 1.